The van der Waals surface area contributed by atoms with Crippen molar-refractivity contribution in [3.63, 3.8) is 0 Å². The molecule has 0 atom stereocenters. The molecule has 1 aromatic carbocycles. The molecule has 1 N–H and O–H groups in total. The quantitative estimate of drug-likeness (QED) is 0.775. The second-order valence-corrected chi connectivity index (χ2v) is 5.85. The second-order valence-electron chi connectivity index (χ2n) is 5.45. The topological polar surface area (TPSA) is 55.6 Å². The van der Waals surface area contributed by atoms with Gasteiger partial charge in [-0.05, 0) is 43.7 Å². The number of aromatic nitrogens is 2. The molecule has 0 fully saturated rings. The zero-order valence-corrected chi connectivity index (χ0v) is 14.5. The number of benzene rings is 1. The zero-order valence-electron chi connectivity index (χ0n) is 13.8. The Hall–Kier alpha value is -2.53. The van der Waals surface area contributed by atoms with E-state index in [2.05, 4.69) is 17.2 Å². The van der Waals surface area contributed by atoms with Gasteiger partial charge in [-0.25, -0.2) is 4.98 Å². The molecule has 5 nitrogen and oxygen atoms in total. The van der Waals surface area contributed by atoms with Gasteiger partial charge in [-0.15, -0.1) is 0 Å². The Balaban J connectivity index is 1.88. The van der Waals surface area contributed by atoms with E-state index in [1.807, 2.05) is 17.4 Å². The Bertz CT molecular complexity index is 918. The van der Waals surface area contributed by atoms with Gasteiger partial charge in [0, 0.05) is 17.6 Å². The van der Waals surface area contributed by atoms with Gasteiger partial charge < -0.3 is 14.5 Å². The number of nitrogens with zero attached hydrogens (tertiary/aromatic N) is 2. The average Bonchev–Trinajstić information content (AvgIpc) is 2.90. The SMILES string of the molecule is CCc1nc2ccc(C(=O)Nc3ccc(OC)c(Cl)c3)cn2c1C. The molecule has 6 heteroatoms. The Labute approximate surface area is 145 Å². The van der Waals surface area contributed by atoms with Crippen molar-refractivity contribution in [3.05, 3.63) is 58.5 Å². The highest BCUT2D eigenvalue weighted by Crippen LogP contribution is 2.27. The van der Waals surface area contributed by atoms with Crippen LogP contribution >= 0.6 is 11.6 Å². The third kappa shape index (κ3) is 2.95. The van der Waals surface area contributed by atoms with Crippen LogP contribution in [0.5, 0.6) is 5.75 Å². The largest absolute Gasteiger partial charge is 0.495 e. The van der Waals surface area contributed by atoms with E-state index >= 15 is 0 Å². The van der Waals surface area contributed by atoms with Crippen molar-refractivity contribution < 1.29 is 9.53 Å². The van der Waals surface area contributed by atoms with E-state index in [1.54, 1.807) is 37.6 Å². The number of methoxy groups -OCH3 is 1. The third-order valence-electron chi connectivity index (χ3n) is 3.96. The highest BCUT2D eigenvalue weighted by molar-refractivity contribution is 6.32. The first-order valence-electron chi connectivity index (χ1n) is 7.66. The van der Waals surface area contributed by atoms with Gasteiger partial charge in [0.25, 0.3) is 5.91 Å². The van der Waals surface area contributed by atoms with Crippen LogP contribution in [-0.2, 0) is 6.42 Å². The summed E-state index contributed by atoms with van der Waals surface area (Å²) in [6, 6.07) is 8.74. The molecular formula is C18H18ClN3O2. The van der Waals surface area contributed by atoms with Crippen molar-refractivity contribution in [2.75, 3.05) is 12.4 Å². The van der Waals surface area contributed by atoms with Gasteiger partial charge in [-0.2, -0.15) is 0 Å². The maximum Gasteiger partial charge on any atom is 0.257 e. The van der Waals surface area contributed by atoms with Crippen LogP contribution in [-0.4, -0.2) is 22.4 Å². The number of carbonyl (C=O) groups excluding carboxylic acids is 1. The first kappa shape index (κ1) is 16.3. The molecule has 1 amide bonds. The van der Waals surface area contributed by atoms with E-state index in [-0.39, 0.29) is 5.91 Å². The first-order valence-corrected chi connectivity index (χ1v) is 8.03. The van der Waals surface area contributed by atoms with Gasteiger partial charge in [0.2, 0.25) is 0 Å². The van der Waals surface area contributed by atoms with E-state index in [4.69, 9.17) is 16.3 Å². The summed E-state index contributed by atoms with van der Waals surface area (Å²) in [5, 5.41) is 3.29. The van der Waals surface area contributed by atoms with Crippen LogP contribution in [0.1, 0.15) is 28.7 Å². The van der Waals surface area contributed by atoms with Crippen molar-refractivity contribution in [2.45, 2.75) is 20.3 Å². The van der Waals surface area contributed by atoms with Crippen LogP contribution in [0.25, 0.3) is 5.65 Å². The van der Waals surface area contributed by atoms with Gasteiger partial charge in [-0.3, -0.25) is 4.79 Å². The van der Waals surface area contributed by atoms with Crippen molar-refractivity contribution >= 4 is 28.8 Å². The molecule has 124 valence electrons. The maximum absolute atomic E-state index is 12.5. The fourth-order valence-electron chi connectivity index (χ4n) is 2.63. The summed E-state index contributed by atoms with van der Waals surface area (Å²) in [4.78, 5) is 17.0. The number of aryl methyl sites for hydroxylation is 2. The van der Waals surface area contributed by atoms with E-state index in [9.17, 15) is 4.79 Å². The van der Waals surface area contributed by atoms with Crippen LogP contribution in [0, 0.1) is 6.92 Å². The van der Waals surface area contributed by atoms with Gasteiger partial charge in [0.1, 0.15) is 11.4 Å². The van der Waals surface area contributed by atoms with Gasteiger partial charge >= 0.3 is 0 Å². The van der Waals surface area contributed by atoms with Crippen molar-refractivity contribution in [2.24, 2.45) is 0 Å². The van der Waals surface area contributed by atoms with Crippen LogP contribution in [0.15, 0.2) is 36.5 Å². The van der Waals surface area contributed by atoms with Crippen molar-refractivity contribution in [3.8, 4) is 5.75 Å². The summed E-state index contributed by atoms with van der Waals surface area (Å²) < 4.78 is 7.05. The maximum atomic E-state index is 12.5. The lowest BCUT2D eigenvalue weighted by molar-refractivity contribution is 0.102. The van der Waals surface area contributed by atoms with Crippen LogP contribution < -0.4 is 10.1 Å². The Morgan fingerprint density at radius 3 is 2.79 bits per heavy atom. The van der Waals surface area contributed by atoms with Gasteiger partial charge in [0.15, 0.2) is 0 Å². The number of fused-ring (bicyclic) bond motifs is 1. The minimum Gasteiger partial charge on any atom is -0.495 e. The molecule has 0 bridgehead atoms. The Kier molecular flexibility index (Phi) is 4.44. The predicted octanol–water partition coefficient (Wildman–Crippen LogP) is 4.12. The second kappa shape index (κ2) is 6.53. The molecule has 3 aromatic rings. The number of hydrogen-bond donors (Lipinski definition) is 1. The molecule has 0 aliphatic rings. The van der Waals surface area contributed by atoms with E-state index in [1.165, 1.54) is 0 Å². The van der Waals surface area contributed by atoms with E-state index in [0.29, 0.717) is 22.0 Å². The Morgan fingerprint density at radius 2 is 2.12 bits per heavy atom. The van der Waals surface area contributed by atoms with Gasteiger partial charge in [0.05, 0.1) is 23.4 Å². The number of imidazole rings is 1. The van der Waals surface area contributed by atoms with Crippen molar-refractivity contribution in [1.29, 1.82) is 0 Å². The van der Waals surface area contributed by atoms with Gasteiger partial charge in [-0.1, -0.05) is 18.5 Å². The highest BCUT2D eigenvalue weighted by Gasteiger charge is 2.12. The molecular weight excluding hydrogens is 326 g/mol. The minimum atomic E-state index is -0.204. The molecule has 0 unspecified atom stereocenters. The molecule has 0 aliphatic heterocycles. The standard InChI is InChI=1S/C18H18ClN3O2/c1-4-15-11(2)22-10-12(5-8-17(22)21-15)18(23)20-13-6-7-16(24-3)14(19)9-13/h5-10H,4H2,1-3H3,(H,20,23). The number of halogens is 1. The number of carbonyl (C=O) groups is 1. The number of anilines is 1. The summed E-state index contributed by atoms with van der Waals surface area (Å²) in [5.41, 5.74) is 4.10. The number of rotatable bonds is 4. The third-order valence-corrected chi connectivity index (χ3v) is 4.26. The summed E-state index contributed by atoms with van der Waals surface area (Å²) in [5.74, 6) is 0.363. The lowest BCUT2D eigenvalue weighted by atomic mass is 10.2. The molecule has 0 aliphatic carbocycles. The summed E-state index contributed by atoms with van der Waals surface area (Å²) in [6.07, 6.45) is 2.66. The minimum absolute atomic E-state index is 0.204. The molecule has 0 spiro atoms. The average molecular weight is 344 g/mol. The summed E-state index contributed by atoms with van der Waals surface area (Å²) in [7, 11) is 1.55. The lowest BCUT2D eigenvalue weighted by Gasteiger charge is -2.08. The van der Waals surface area contributed by atoms with E-state index < -0.39 is 0 Å². The normalized spacial score (nSPS) is 10.8. The molecule has 0 saturated carbocycles. The number of ether oxygens (including phenoxy) is 1. The van der Waals surface area contributed by atoms with Crippen LogP contribution in [0.3, 0.4) is 0 Å². The molecule has 3 rings (SSSR count). The lowest BCUT2D eigenvalue weighted by Crippen LogP contribution is -2.12. The zero-order chi connectivity index (χ0) is 17.3. The van der Waals surface area contributed by atoms with Crippen molar-refractivity contribution in [1.82, 2.24) is 9.38 Å². The molecule has 0 radical (unpaired) electrons. The number of hydrogen-bond acceptors (Lipinski definition) is 3. The highest BCUT2D eigenvalue weighted by atomic mass is 35.5. The Morgan fingerprint density at radius 1 is 1.33 bits per heavy atom. The summed E-state index contributed by atoms with van der Waals surface area (Å²) >= 11 is 6.09. The number of amides is 1. The number of nitrogens with one attached hydrogen (secondary N) is 1. The van der Waals surface area contributed by atoms with Crippen LogP contribution in [0.2, 0.25) is 5.02 Å². The first-order chi connectivity index (χ1) is 11.5. The fraction of sp³-hybridized carbons (Fsp3) is 0.222. The molecule has 0 saturated heterocycles. The van der Waals surface area contributed by atoms with E-state index in [0.717, 1.165) is 23.5 Å². The van der Waals surface area contributed by atoms with Crippen LogP contribution in [0.4, 0.5) is 5.69 Å². The summed E-state index contributed by atoms with van der Waals surface area (Å²) in [6.45, 7) is 4.07. The molecule has 24 heavy (non-hydrogen) atoms. The number of pyridine rings is 1. The molecule has 2 aromatic heterocycles. The molecule has 2 heterocycles. The monoisotopic (exact) mass is 343 g/mol. The smallest absolute Gasteiger partial charge is 0.257 e. The predicted molar refractivity (Wildman–Crippen MR) is 95.3 cm³/mol. The fourth-order valence-corrected chi connectivity index (χ4v) is 2.89.